The van der Waals surface area contributed by atoms with E-state index in [1.54, 1.807) is 24.3 Å². The van der Waals surface area contributed by atoms with E-state index < -0.39 is 17.5 Å². The van der Waals surface area contributed by atoms with Crippen molar-refractivity contribution in [3.8, 4) is 5.75 Å². The fourth-order valence-corrected chi connectivity index (χ4v) is 5.35. The number of amides is 4. The Hall–Kier alpha value is -4.12. The van der Waals surface area contributed by atoms with Crippen molar-refractivity contribution < 1.29 is 28.6 Å². The van der Waals surface area contributed by atoms with Crippen LogP contribution in [-0.4, -0.2) is 65.7 Å². The number of pyridine rings is 1. The molecule has 11 nitrogen and oxygen atoms in total. The van der Waals surface area contributed by atoms with E-state index in [9.17, 15) is 19.5 Å². The quantitative estimate of drug-likeness (QED) is 0.441. The molecule has 36 heavy (non-hydrogen) atoms. The number of urea groups is 1. The standard InChI is InChI=1S/C25H25N5O6/c1-35-16-5-4-14-11-29(22(32)17(14)9-16)13-25(23(33)27-24(34)28-25)20-10-18-19(36-20)6-7-21(26-18)30-8-2-3-15(30)12-31/h4-7,9-10,15,31H,2-3,8,11-13H2,1H3,(H2,27,28,33,34)/t15-,25-/m0/s1. The number of nitrogens with zero attached hydrogens (tertiary/aromatic N) is 3. The van der Waals surface area contributed by atoms with E-state index >= 15 is 0 Å². The average molecular weight is 492 g/mol. The van der Waals surface area contributed by atoms with Crippen molar-refractivity contribution in [3.05, 3.63) is 53.3 Å². The highest BCUT2D eigenvalue weighted by Gasteiger charge is 2.53. The minimum atomic E-state index is -1.61. The maximum absolute atomic E-state index is 13.2. The molecule has 3 aromatic rings. The first-order valence-corrected chi connectivity index (χ1v) is 11.8. The van der Waals surface area contributed by atoms with Crippen LogP contribution in [0.15, 0.2) is 40.8 Å². The second-order valence-corrected chi connectivity index (χ2v) is 9.33. The Balaban J connectivity index is 1.35. The van der Waals surface area contributed by atoms with Gasteiger partial charge in [-0.25, -0.2) is 9.78 Å². The summed E-state index contributed by atoms with van der Waals surface area (Å²) < 4.78 is 11.3. The van der Waals surface area contributed by atoms with E-state index in [1.807, 2.05) is 12.1 Å². The minimum absolute atomic E-state index is 0.00833. The summed E-state index contributed by atoms with van der Waals surface area (Å²) in [6.07, 6.45) is 1.86. The van der Waals surface area contributed by atoms with Gasteiger partial charge in [0, 0.05) is 24.7 Å². The fraction of sp³-hybridized carbons (Fsp3) is 0.360. The number of hydrogen-bond acceptors (Lipinski definition) is 8. The van der Waals surface area contributed by atoms with Gasteiger partial charge < -0.3 is 29.4 Å². The van der Waals surface area contributed by atoms with Gasteiger partial charge in [0.2, 0.25) is 0 Å². The number of aromatic nitrogens is 1. The molecule has 1 aromatic carbocycles. The van der Waals surface area contributed by atoms with Crippen molar-refractivity contribution >= 4 is 34.8 Å². The Morgan fingerprint density at radius 3 is 2.83 bits per heavy atom. The maximum atomic E-state index is 13.2. The zero-order valence-electron chi connectivity index (χ0n) is 19.6. The SMILES string of the molecule is COc1ccc2c(c1)C(=O)N(C[C@@]1(c3cc4nc(N5CCC[C@H]5CO)ccc4o3)NC(=O)NC1=O)C2. The zero-order chi connectivity index (χ0) is 25.0. The lowest BCUT2D eigenvalue weighted by molar-refractivity contribution is -0.125. The third-order valence-electron chi connectivity index (χ3n) is 7.23. The molecule has 0 spiro atoms. The predicted octanol–water partition coefficient (Wildman–Crippen LogP) is 1.49. The fourth-order valence-electron chi connectivity index (χ4n) is 5.35. The van der Waals surface area contributed by atoms with E-state index in [-0.39, 0.29) is 37.4 Å². The summed E-state index contributed by atoms with van der Waals surface area (Å²) >= 11 is 0. The summed E-state index contributed by atoms with van der Waals surface area (Å²) in [6, 6.07) is 9.82. The topological polar surface area (TPSA) is 137 Å². The van der Waals surface area contributed by atoms with Gasteiger partial charge in [-0.2, -0.15) is 0 Å². The number of furan rings is 1. The first-order valence-electron chi connectivity index (χ1n) is 11.8. The van der Waals surface area contributed by atoms with Crippen LogP contribution in [0.25, 0.3) is 11.1 Å². The van der Waals surface area contributed by atoms with E-state index in [2.05, 4.69) is 15.5 Å². The highest BCUT2D eigenvalue weighted by molar-refractivity contribution is 6.08. The van der Waals surface area contributed by atoms with Gasteiger partial charge in [0.25, 0.3) is 11.8 Å². The summed E-state index contributed by atoms with van der Waals surface area (Å²) in [7, 11) is 1.53. The predicted molar refractivity (Wildman–Crippen MR) is 128 cm³/mol. The zero-order valence-corrected chi connectivity index (χ0v) is 19.6. The highest BCUT2D eigenvalue weighted by atomic mass is 16.5. The molecule has 6 rings (SSSR count). The highest BCUT2D eigenvalue weighted by Crippen LogP contribution is 2.35. The van der Waals surface area contributed by atoms with Gasteiger partial charge in [0.15, 0.2) is 11.1 Å². The minimum Gasteiger partial charge on any atom is -0.497 e. The number of methoxy groups -OCH3 is 1. The molecule has 4 amide bonds. The van der Waals surface area contributed by atoms with Crippen LogP contribution in [0.5, 0.6) is 5.75 Å². The van der Waals surface area contributed by atoms with Crippen LogP contribution in [0.4, 0.5) is 10.6 Å². The van der Waals surface area contributed by atoms with Crippen molar-refractivity contribution in [2.75, 3.05) is 31.7 Å². The third kappa shape index (κ3) is 3.38. The van der Waals surface area contributed by atoms with E-state index in [1.165, 1.54) is 12.0 Å². The van der Waals surface area contributed by atoms with Gasteiger partial charge in [-0.15, -0.1) is 0 Å². The molecule has 11 heteroatoms. The number of ether oxygens (including phenoxy) is 1. The van der Waals surface area contributed by atoms with Crippen LogP contribution in [-0.2, 0) is 16.9 Å². The molecule has 5 heterocycles. The molecule has 2 fully saturated rings. The number of carbonyl (C=O) groups excluding carboxylic acids is 3. The number of fused-ring (bicyclic) bond motifs is 2. The van der Waals surface area contributed by atoms with Gasteiger partial charge in [0.1, 0.15) is 22.8 Å². The Morgan fingerprint density at radius 1 is 1.22 bits per heavy atom. The monoisotopic (exact) mass is 491 g/mol. The molecule has 0 saturated carbocycles. The van der Waals surface area contributed by atoms with E-state index in [0.717, 1.165) is 24.9 Å². The van der Waals surface area contributed by atoms with Gasteiger partial charge in [0.05, 0.1) is 26.3 Å². The van der Waals surface area contributed by atoms with E-state index in [4.69, 9.17) is 14.1 Å². The van der Waals surface area contributed by atoms with Crippen molar-refractivity contribution in [1.29, 1.82) is 0 Å². The van der Waals surface area contributed by atoms with Crippen LogP contribution in [0, 0.1) is 0 Å². The number of carbonyl (C=O) groups is 3. The van der Waals surface area contributed by atoms with E-state index in [0.29, 0.717) is 28.2 Å². The lowest BCUT2D eigenvalue weighted by atomic mass is 9.95. The van der Waals surface area contributed by atoms with Crippen molar-refractivity contribution in [3.63, 3.8) is 0 Å². The number of aliphatic hydroxyl groups is 1. The average Bonchev–Trinajstić information content (AvgIpc) is 3.64. The molecule has 2 aromatic heterocycles. The summed E-state index contributed by atoms with van der Waals surface area (Å²) in [5.41, 5.74) is 0.652. The molecule has 2 atom stereocenters. The summed E-state index contributed by atoms with van der Waals surface area (Å²) in [4.78, 5) is 46.9. The maximum Gasteiger partial charge on any atom is 0.322 e. The number of aliphatic hydroxyl groups excluding tert-OH is 1. The van der Waals surface area contributed by atoms with Crippen LogP contribution in [0.1, 0.15) is 34.5 Å². The normalized spacial score (nSPS) is 23.4. The summed E-state index contributed by atoms with van der Waals surface area (Å²) in [5.74, 6) is 0.587. The van der Waals surface area contributed by atoms with Crippen LogP contribution in [0.3, 0.4) is 0 Å². The number of benzene rings is 1. The smallest absolute Gasteiger partial charge is 0.322 e. The lowest BCUT2D eigenvalue weighted by Gasteiger charge is -2.28. The van der Waals surface area contributed by atoms with Crippen molar-refractivity contribution in [1.82, 2.24) is 20.5 Å². The molecule has 0 aliphatic carbocycles. The van der Waals surface area contributed by atoms with Crippen molar-refractivity contribution in [2.45, 2.75) is 31.0 Å². The number of hydrogen-bond donors (Lipinski definition) is 3. The molecule has 0 unspecified atom stereocenters. The Morgan fingerprint density at radius 2 is 2.08 bits per heavy atom. The lowest BCUT2D eigenvalue weighted by Crippen LogP contribution is -2.52. The second kappa shape index (κ2) is 8.23. The number of anilines is 1. The molecule has 2 saturated heterocycles. The number of nitrogens with one attached hydrogen (secondary N) is 2. The van der Waals surface area contributed by atoms with Crippen LogP contribution in [0.2, 0.25) is 0 Å². The molecule has 186 valence electrons. The van der Waals surface area contributed by atoms with Crippen LogP contribution >= 0.6 is 0 Å². The number of imide groups is 1. The Bertz CT molecular complexity index is 1400. The third-order valence-corrected chi connectivity index (χ3v) is 7.23. The first-order chi connectivity index (χ1) is 17.4. The molecule has 3 aliphatic rings. The molecular formula is C25H25N5O6. The Kier molecular flexibility index (Phi) is 5.11. The second-order valence-electron chi connectivity index (χ2n) is 9.33. The first kappa shape index (κ1) is 22.4. The molecule has 0 bridgehead atoms. The van der Waals surface area contributed by atoms with Gasteiger partial charge in [-0.3, -0.25) is 14.9 Å². The summed E-state index contributed by atoms with van der Waals surface area (Å²) in [5, 5.41) is 14.7. The van der Waals surface area contributed by atoms with Gasteiger partial charge in [-0.05, 0) is 42.7 Å². The largest absolute Gasteiger partial charge is 0.497 e. The van der Waals surface area contributed by atoms with Gasteiger partial charge >= 0.3 is 6.03 Å². The van der Waals surface area contributed by atoms with Crippen molar-refractivity contribution in [2.24, 2.45) is 0 Å². The van der Waals surface area contributed by atoms with Crippen LogP contribution < -0.4 is 20.3 Å². The summed E-state index contributed by atoms with van der Waals surface area (Å²) in [6.45, 7) is 0.998. The number of rotatable bonds is 6. The molecule has 3 N–H and O–H groups in total. The molecule has 3 aliphatic heterocycles. The molecular weight excluding hydrogens is 466 g/mol. The van der Waals surface area contributed by atoms with Gasteiger partial charge in [-0.1, -0.05) is 6.07 Å². The molecule has 0 radical (unpaired) electrons. The Labute approximate surface area is 206 Å².